The van der Waals surface area contributed by atoms with E-state index in [2.05, 4.69) is 82.9 Å². The van der Waals surface area contributed by atoms with E-state index in [1.807, 2.05) is 0 Å². The molecule has 0 saturated carbocycles. The molecule has 1 aromatic rings. The molecular weight excluding hydrogens is 246 g/mol. The standard InChI is InChI=1S/C17H32N3/c1-10-15(12(2)3)16-11-17(19(9)18(16)8)20(13(4)5)14(6)7/h11,13-14H,10H2,1-9H3/q+1. The molecule has 1 rings (SSSR count). The van der Waals surface area contributed by atoms with Crippen molar-refractivity contribution in [2.24, 2.45) is 14.1 Å². The van der Waals surface area contributed by atoms with Gasteiger partial charge in [-0.3, -0.25) is 4.90 Å². The fourth-order valence-corrected chi connectivity index (χ4v) is 3.06. The number of rotatable bonds is 5. The maximum absolute atomic E-state index is 2.47. The van der Waals surface area contributed by atoms with Gasteiger partial charge in [-0.15, -0.1) is 0 Å². The molecule has 1 heterocycles. The number of allylic oxidation sites excluding steroid dienone is 2. The zero-order chi connectivity index (χ0) is 15.6. The highest BCUT2D eigenvalue weighted by atomic mass is 15.4. The van der Waals surface area contributed by atoms with Gasteiger partial charge in [0.15, 0.2) is 0 Å². The van der Waals surface area contributed by atoms with Crippen LogP contribution in [0, 0.1) is 0 Å². The van der Waals surface area contributed by atoms with Gasteiger partial charge in [-0.2, -0.15) is 4.68 Å². The summed E-state index contributed by atoms with van der Waals surface area (Å²) in [5.41, 5.74) is 4.18. The van der Waals surface area contributed by atoms with Crippen molar-refractivity contribution >= 4 is 11.4 Å². The molecule has 20 heavy (non-hydrogen) atoms. The highest BCUT2D eigenvalue weighted by molar-refractivity contribution is 5.67. The molecule has 0 aliphatic heterocycles. The molecule has 3 heteroatoms. The number of nitrogens with zero attached hydrogens (tertiary/aromatic N) is 3. The summed E-state index contributed by atoms with van der Waals surface area (Å²) in [7, 11) is 4.30. The zero-order valence-corrected chi connectivity index (χ0v) is 14.8. The van der Waals surface area contributed by atoms with E-state index in [0.717, 1.165) is 6.42 Å². The monoisotopic (exact) mass is 278 g/mol. The van der Waals surface area contributed by atoms with E-state index in [0.29, 0.717) is 12.1 Å². The first kappa shape index (κ1) is 16.8. The molecule has 1 aromatic heterocycles. The van der Waals surface area contributed by atoms with Crippen LogP contribution in [0.5, 0.6) is 0 Å². The highest BCUT2D eigenvalue weighted by Gasteiger charge is 2.28. The topological polar surface area (TPSA) is 12.1 Å². The predicted molar refractivity (Wildman–Crippen MR) is 87.9 cm³/mol. The van der Waals surface area contributed by atoms with Gasteiger partial charge in [-0.05, 0) is 53.5 Å². The molecule has 0 unspecified atom stereocenters. The summed E-state index contributed by atoms with van der Waals surface area (Å²) in [5, 5.41) is 0. The lowest BCUT2D eigenvalue weighted by Gasteiger charge is -2.24. The Labute approximate surface area is 124 Å². The van der Waals surface area contributed by atoms with Crippen molar-refractivity contribution < 1.29 is 4.68 Å². The van der Waals surface area contributed by atoms with Crippen LogP contribution in [0.2, 0.25) is 0 Å². The number of anilines is 1. The van der Waals surface area contributed by atoms with E-state index in [4.69, 9.17) is 0 Å². The van der Waals surface area contributed by atoms with Gasteiger partial charge in [-0.25, -0.2) is 4.68 Å². The lowest BCUT2D eigenvalue weighted by molar-refractivity contribution is -0.740. The fraction of sp³-hybridized carbons (Fsp3) is 0.706. The maximum Gasteiger partial charge on any atom is 0.297 e. The molecule has 0 atom stereocenters. The molecule has 0 amide bonds. The first-order valence-corrected chi connectivity index (χ1v) is 7.73. The third-order valence-electron chi connectivity index (χ3n) is 4.04. The summed E-state index contributed by atoms with van der Waals surface area (Å²) in [6.07, 6.45) is 1.07. The van der Waals surface area contributed by atoms with Gasteiger partial charge in [-0.1, -0.05) is 12.5 Å². The number of aromatic nitrogens is 2. The maximum atomic E-state index is 2.47. The van der Waals surface area contributed by atoms with Crippen molar-refractivity contribution in [1.29, 1.82) is 0 Å². The van der Waals surface area contributed by atoms with E-state index in [9.17, 15) is 0 Å². The summed E-state index contributed by atoms with van der Waals surface area (Å²) < 4.78 is 4.52. The van der Waals surface area contributed by atoms with Crippen molar-refractivity contribution in [1.82, 2.24) is 4.68 Å². The van der Waals surface area contributed by atoms with Crippen LogP contribution in [0.4, 0.5) is 5.82 Å². The average Bonchev–Trinajstić information content (AvgIpc) is 2.58. The smallest absolute Gasteiger partial charge is 0.256 e. The Bertz CT molecular complexity index is 481. The third kappa shape index (κ3) is 3.08. The lowest BCUT2D eigenvalue weighted by Crippen LogP contribution is -2.48. The molecule has 114 valence electrons. The van der Waals surface area contributed by atoms with E-state index in [1.165, 1.54) is 22.7 Å². The molecule has 0 aliphatic carbocycles. The molecule has 0 aliphatic rings. The Hall–Kier alpha value is -1.25. The summed E-state index contributed by atoms with van der Waals surface area (Å²) in [6, 6.07) is 3.33. The van der Waals surface area contributed by atoms with Crippen LogP contribution in [0.15, 0.2) is 11.6 Å². The summed E-state index contributed by atoms with van der Waals surface area (Å²) in [6.45, 7) is 15.7. The van der Waals surface area contributed by atoms with E-state index in [1.54, 1.807) is 0 Å². The Balaban J connectivity index is 3.43. The van der Waals surface area contributed by atoms with E-state index in [-0.39, 0.29) is 0 Å². The summed E-state index contributed by atoms with van der Waals surface area (Å²) >= 11 is 0. The van der Waals surface area contributed by atoms with Crippen LogP contribution in [-0.4, -0.2) is 16.8 Å². The van der Waals surface area contributed by atoms with Gasteiger partial charge in [0.25, 0.3) is 5.82 Å². The molecule has 0 N–H and O–H groups in total. The number of hydrogen-bond donors (Lipinski definition) is 0. The van der Waals surface area contributed by atoms with E-state index < -0.39 is 0 Å². The van der Waals surface area contributed by atoms with Gasteiger partial charge >= 0.3 is 0 Å². The zero-order valence-electron chi connectivity index (χ0n) is 14.8. The van der Waals surface area contributed by atoms with Gasteiger partial charge in [0.05, 0.1) is 23.8 Å². The Morgan fingerprint density at radius 2 is 1.70 bits per heavy atom. The van der Waals surface area contributed by atoms with Crippen LogP contribution in [0.25, 0.3) is 5.57 Å². The quantitative estimate of drug-likeness (QED) is 0.748. The Morgan fingerprint density at radius 3 is 2.05 bits per heavy atom. The second kappa shape index (κ2) is 6.47. The van der Waals surface area contributed by atoms with Crippen molar-refractivity contribution in [2.45, 2.75) is 67.0 Å². The SMILES string of the molecule is CCC(=C(C)C)c1cc(N(C(C)C)C(C)C)[n+](C)n1C. The Morgan fingerprint density at radius 1 is 1.20 bits per heavy atom. The van der Waals surface area contributed by atoms with Crippen molar-refractivity contribution in [3.63, 3.8) is 0 Å². The molecular formula is C17H32N3+. The van der Waals surface area contributed by atoms with Gasteiger partial charge in [0, 0.05) is 7.05 Å². The van der Waals surface area contributed by atoms with Crippen LogP contribution >= 0.6 is 0 Å². The Kier molecular flexibility index (Phi) is 5.43. The molecule has 0 fully saturated rings. The first-order valence-electron chi connectivity index (χ1n) is 7.73. The normalized spacial score (nSPS) is 11.3. The first-order chi connectivity index (χ1) is 9.22. The summed E-state index contributed by atoms with van der Waals surface area (Å²) in [4.78, 5) is 2.47. The van der Waals surface area contributed by atoms with Gasteiger partial charge in [0.2, 0.25) is 0 Å². The largest absolute Gasteiger partial charge is 0.297 e. The summed E-state index contributed by atoms with van der Waals surface area (Å²) in [5.74, 6) is 1.29. The average molecular weight is 278 g/mol. The minimum atomic E-state index is 0.494. The van der Waals surface area contributed by atoms with Crippen LogP contribution < -0.4 is 9.58 Å². The van der Waals surface area contributed by atoms with Crippen LogP contribution in [0.3, 0.4) is 0 Å². The predicted octanol–water partition coefficient (Wildman–Crippen LogP) is 3.68. The third-order valence-corrected chi connectivity index (χ3v) is 4.04. The molecule has 0 radical (unpaired) electrons. The van der Waals surface area contributed by atoms with Crippen LogP contribution in [0.1, 0.15) is 60.6 Å². The van der Waals surface area contributed by atoms with Crippen molar-refractivity contribution in [2.75, 3.05) is 4.90 Å². The lowest BCUT2D eigenvalue weighted by atomic mass is 10.0. The van der Waals surface area contributed by atoms with E-state index >= 15 is 0 Å². The minimum absolute atomic E-state index is 0.494. The minimum Gasteiger partial charge on any atom is -0.256 e. The number of hydrogen-bond acceptors (Lipinski definition) is 1. The van der Waals surface area contributed by atoms with Crippen molar-refractivity contribution in [3.05, 3.63) is 17.3 Å². The molecule has 0 spiro atoms. The second-order valence-electron chi connectivity index (χ2n) is 6.36. The van der Waals surface area contributed by atoms with Crippen LogP contribution in [-0.2, 0) is 14.1 Å². The highest BCUT2D eigenvalue weighted by Crippen LogP contribution is 2.26. The fourth-order valence-electron chi connectivity index (χ4n) is 3.06. The molecule has 3 nitrogen and oxygen atoms in total. The second-order valence-corrected chi connectivity index (χ2v) is 6.36. The van der Waals surface area contributed by atoms with Gasteiger partial charge < -0.3 is 0 Å². The van der Waals surface area contributed by atoms with Gasteiger partial charge in [0.1, 0.15) is 7.05 Å². The molecule has 0 aromatic carbocycles. The van der Waals surface area contributed by atoms with Crippen molar-refractivity contribution in [3.8, 4) is 0 Å². The molecule has 0 saturated heterocycles. The molecule has 0 bridgehead atoms.